The Bertz CT molecular complexity index is 633. The van der Waals surface area contributed by atoms with Crippen LogP contribution in [0.4, 0.5) is 0 Å². The summed E-state index contributed by atoms with van der Waals surface area (Å²) in [6, 6.07) is 11.7. The van der Waals surface area contributed by atoms with Crippen LogP contribution in [0.2, 0.25) is 10.0 Å². The Labute approximate surface area is 159 Å². The predicted molar refractivity (Wildman–Crippen MR) is 103 cm³/mol. The Morgan fingerprint density at radius 3 is 2.42 bits per heavy atom. The number of hydrogen-bond donors (Lipinski definition) is 1. The van der Waals surface area contributed by atoms with Crippen molar-refractivity contribution in [3.8, 4) is 11.5 Å². The minimum Gasteiger partial charge on any atom is -0.497 e. The van der Waals surface area contributed by atoms with Crippen molar-refractivity contribution in [3.63, 3.8) is 0 Å². The molecule has 2 aromatic rings. The number of nitrogens with one attached hydrogen (secondary N) is 1. The quantitative estimate of drug-likeness (QED) is 0.632. The highest BCUT2D eigenvalue weighted by Crippen LogP contribution is 2.32. The van der Waals surface area contributed by atoms with Gasteiger partial charge in [-0.15, -0.1) is 12.4 Å². The first kappa shape index (κ1) is 20.9. The molecule has 0 saturated heterocycles. The topological polar surface area (TPSA) is 30.5 Å². The zero-order valence-electron chi connectivity index (χ0n) is 13.8. The largest absolute Gasteiger partial charge is 0.497 e. The maximum absolute atomic E-state index is 6.20. The van der Waals surface area contributed by atoms with E-state index >= 15 is 0 Å². The fourth-order valence-corrected chi connectivity index (χ4v) is 2.89. The van der Waals surface area contributed by atoms with Crippen molar-refractivity contribution in [2.24, 2.45) is 0 Å². The molecule has 1 N–H and O–H groups in total. The van der Waals surface area contributed by atoms with Gasteiger partial charge in [-0.05, 0) is 49.7 Å². The number of halogens is 3. The highest BCUT2D eigenvalue weighted by atomic mass is 35.5. The van der Waals surface area contributed by atoms with Crippen molar-refractivity contribution in [3.05, 3.63) is 57.6 Å². The van der Waals surface area contributed by atoms with Crippen molar-refractivity contribution in [2.75, 3.05) is 20.3 Å². The van der Waals surface area contributed by atoms with E-state index in [4.69, 9.17) is 32.7 Å². The van der Waals surface area contributed by atoms with Gasteiger partial charge in [0.1, 0.15) is 11.5 Å². The molecule has 6 heteroatoms. The van der Waals surface area contributed by atoms with E-state index in [9.17, 15) is 0 Å². The number of hydrogen-bond acceptors (Lipinski definition) is 3. The summed E-state index contributed by atoms with van der Waals surface area (Å²) < 4.78 is 10.8. The molecular formula is C18H22Cl3NO2. The summed E-state index contributed by atoms with van der Waals surface area (Å²) in [7, 11) is 1.67. The van der Waals surface area contributed by atoms with Crippen LogP contribution in [0.1, 0.15) is 18.1 Å². The monoisotopic (exact) mass is 389 g/mol. The second kappa shape index (κ2) is 10.7. The molecule has 0 aromatic heterocycles. The van der Waals surface area contributed by atoms with Gasteiger partial charge in [0, 0.05) is 17.1 Å². The Morgan fingerprint density at radius 1 is 1.08 bits per heavy atom. The normalized spacial score (nSPS) is 10.2. The van der Waals surface area contributed by atoms with Gasteiger partial charge in [-0.25, -0.2) is 0 Å². The summed E-state index contributed by atoms with van der Waals surface area (Å²) in [6.07, 6.45) is 0.933. The van der Waals surface area contributed by atoms with E-state index < -0.39 is 0 Å². The maximum Gasteiger partial charge on any atom is 0.142 e. The molecule has 2 rings (SSSR count). The first-order valence-electron chi connectivity index (χ1n) is 7.58. The molecule has 0 atom stereocenters. The lowest BCUT2D eigenvalue weighted by Gasteiger charge is -2.13. The molecular weight excluding hydrogens is 369 g/mol. The Kier molecular flexibility index (Phi) is 9.30. The van der Waals surface area contributed by atoms with Crippen LogP contribution in [0.15, 0.2) is 36.4 Å². The molecule has 0 fully saturated rings. The van der Waals surface area contributed by atoms with Gasteiger partial charge >= 0.3 is 0 Å². The lowest BCUT2D eigenvalue weighted by Crippen LogP contribution is -2.17. The van der Waals surface area contributed by atoms with E-state index in [0.29, 0.717) is 28.9 Å². The highest BCUT2D eigenvalue weighted by molar-refractivity contribution is 6.35. The molecule has 0 aliphatic carbocycles. The first-order valence-corrected chi connectivity index (χ1v) is 8.34. The van der Waals surface area contributed by atoms with Gasteiger partial charge in [0.05, 0.1) is 18.7 Å². The van der Waals surface area contributed by atoms with Crippen molar-refractivity contribution >= 4 is 35.6 Å². The summed E-state index contributed by atoms with van der Waals surface area (Å²) in [5.41, 5.74) is 2.23. The number of rotatable bonds is 8. The summed E-state index contributed by atoms with van der Waals surface area (Å²) in [5, 5.41) is 4.57. The molecule has 2 aromatic carbocycles. The Balaban J connectivity index is 0.00000288. The van der Waals surface area contributed by atoms with Crippen molar-refractivity contribution in [2.45, 2.75) is 19.9 Å². The van der Waals surface area contributed by atoms with Crippen LogP contribution < -0.4 is 14.8 Å². The average molecular weight is 391 g/mol. The third-order valence-corrected chi connectivity index (χ3v) is 3.94. The van der Waals surface area contributed by atoms with E-state index in [2.05, 4.69) is 17.4 Å². The van der Waals surface area contributed by atoms with E-state index in [0.717, 1.165) is 24.3 Å². The molecule has 3 nitrogen and oxygen atoms in total. The number of methoxy groups -OCH3 is 1. The fraction of sp³-hybridized carbons (Fsp3) is 0.333. The van der Waals surface area contributed by atoms with Crippen LogP contribution in [-0.4, -0.2) is 20.3 Å². The van der Waals surface area contributed by atoms with Crippen LogP contribution >= 0.6 is 35.6 Å². The van der Waals surface area contributed by atoms with Crippen molar-refractivity contribution < 1.29 is 9.47 Å². The van der Waals surface area contributed by atoms with Crippen LogP contribution in [0.3, 0.4) is 0 Å². The van der Waals surface area contributed by atoms with Crippen LogP contribution in [0.5, 0.6) is 11.5 Å². The minimum absolute atomic E-state index is 0. The van der Waals surface area contributed by atoms with Crippen LogP contribution in [0.25, 0.3) is 0 Å². The molecule has 0 aliphatic rings. The highest BCUT2D eigenvalue weighted by Gasteiger charge is 2.10. The SMILES string of the molecule is CCOc1c(Cl)cc(Cl)cc1CNCCc1ccc(OC)cc1.Cl. The molecule has 0 bridgehead atoms. The summed E-state index contributed by atoms with van der Waals surface area (Å²) >= 11 is 12.3. The average Bonchev–Trinajstić information content (AvgIpc) is 2.55. The molecule has 132 valence electrons. The zero-order valence-corrected chi connectivity index (χ0v) is 16.1. The van der Waals surface area contributed by atoms with E-state index in [1.807, 2.05) is 25.1 Å². The molecule has 0 radical (unpaired) electrons. The van der Waals surface area contributed by atoms with Crippen molar-refractivity contribution in [1.82, 2.24) is 5.32 Å². The van der Waals surface area contributed by atoms with Crippen molar-refractivity contribution in [1.29, 1.82) is 0 Å². The second-order valence-corrected chi connectivity index (χ2v) is 5.93. The molecule has 0 unspecified atom stereocenters. The smallest absolute Gasteiger partial charge is 0.142 e. The fourth-order valence-electron chi connectivity index (χ4n) is 2.30. The lowest BCUT2D eigenvalue weighted by atomic mass is 10.1. The van der Waals surface area contributed by atoms with E-state index in [1.165, 1.54) is 5.56 Å². The van der Waals surface area contributed by atoms with Gasteiger partial charge < -0.3 is 14.8 Å². The number of benzene rings is 2. The maximum atomic E-state index is 6.20. The van der Waals surface area contributed by atoms with Gasteiger partial charge in [0.25, 0.3) is 0 Å². The first-order chi connectivity index (χ1) is 11.1. The molecule has 0 amide bonds. The van der Waals surface area contributed by atoms with Gasteiger partial charge in [-0.2, -0.15) is 0 Å². The van der Waals surface area contributed by atoms with Crippen LogP contribution in [0, 0.1) is 0 Å². The van der Waals surface area contributed by atoms with Crippen LogP contribution in [-0.2, 0) is 13.0 Å². The molecule has 0 aliphatic heterocycles. The third kappa shape index (κ3) is 6.06. The Morgan fingerprint density at radius 2 is 1.79 bits per heavy atom. The molecule has 0 heterocycles. The minimum atomic E-state index is 0. The van der Waals surface area contributed by atoms with Gasteiger partial charge in [0.15, 0.2) is 0 Å². The third-order valence-electron chi connectivity index (χ3n) is 3.44. The molecule has 0 spiro atoms. The van der Waals surface area contributed by atoms with E-state index in [1.54, 1.807) is 13.2 Å². The Hall–Kier alpha value is -1.13. The summed E-state index contributed by atoms with van der Waals surface area (Å²) in [6.45, 7) is 4.01. The van der Waals surface area contributed by atoms with Gasteiger partial charge in [0.2, 0.25) is 0 Å². The molecule has 24 heavy (non-hydrogen) atoms. The standard InChI is InChI=1S/C18H21Cl2NO2.ClH/c1-3-23-18-14(10-15(19)11-17(18)20)12-21-9-8-13-4-6-16(22-2)7-5-13;/h4-7,10-11,21H,3,8-9,12H2,1-2H3;1H. The number of ether oxygens (including phenoxy) is 2. The second-order valence-electron chi connectivity index (χ2n) is 5.08. The lowest BCUT2D eigenvalue weighted by molar-refractivity contribution is 0.335. The predicted octanol–water partition coefficient (Wildman–Crippen LogP) is 5.15. The summed E-state index contributed by atoms with van der Waals surface area (Å²) in [5.74, 6) is 1.58. The van der Waals surface area contributed by atoms with Gasteiger partial charge in [-0.3, -0.25) is 0 Å². The summed E-state index contributed by atoms with van der Waals surface area (Å²) in [4.78, 5) is 0. The molecule has 0 saturated carbocycles. The zero-order chi connectivity index (χ0) is 16.7. The van der Waals surface area contributed by atoms with E-state index in [-0.39, 0.29) is 12.4 Å². The van der Waals surface area contributed by atoms with Gasteiger partial charge in [-0.1, -0.05) is 35.3 Å².